The van der Waals surface area contributed by atoms with E-state index < -0.39 is 6.09 Å². The fourth-order valence-electron chi connectivity index (χ4n) is 1.96. The summed E-state index contributed by atoms with van der Waals surface area (Å²) < 4.78 is 7.37. The number of alkyl carbamates (subject to hydrolysis) is 1. The first-order valence-corrected chi connectivity index (χ1v) is 8.65. The van der Waals surface area contributed by atoms with Gasteiger partial charge in [-0.3, -0.25) is 4.68 Å². The number of hydrogen-bond donors (Lipinski definition) is 2. The molecule has 0 aliphatic carbocycles. The first-order chi connectivity index (χ1) is 11.4. The van der Waals surface area contributed by atoms with Crippen LogP contribution in [0.5, 0.6) is 0 Å². The van der Waals surface area contributed by atoms with Crippen molar-refractivity contribution in [3.63, 3.8) is 0 Å². The smallest absolute Gasteiger partial charge is 0.407 e. The molecule has 2 aromatic rings. The maximum absolute atomic E-state index is 11.2. The van der Waals surface area contributed by atoms with Crippen LogP contribution in [0.4, 0.5) is 10.7 Å². The molecule has 8 nitrogen and oxygen atoms in total. The molecule has 130 valence electrons. The highest BCUT2D eigenvalue weighted by Gasteiger charge is 2.13. The van der Waals surface area contributed by atoms with E-state index in [1.807, 2.05) is 23.9 Å². The van der Waals surface area contributed by atoms with Gasteiger partial charge in [0.15, 0.2) is 0 Å². The number of carbonyl (C=O) groups excluding carboxylic acids is 1. The second-order valence-corrected chi connectivity index (χ2v) is 6.61. The Hall–Kier alpha value is -1.91. The molecule has 2 N–H and O–H groups in total. The fraction of sp³-hybridized carbons (Fsp3) is 0.467. The number of amides is 1. The van der Waals surface area contributed by atoms with Crippen molar-refractivity contribution >= 4 is 34.6 Å². The highest BCUT2D eigenvalue weighted by Crippen LogP contribution is 2.24. The number of methoxy groups -OCH3 is 1. The summed E-state index contributed by atoms with van der Waals surface area (Å²) in [6, 6.07) is 2.02. The SMILES string of the molecule is COC(=O)N[C@H](C)CNc1nccc(-c2cn(C(C)C)nc2I)n1. The fourth-order valence-corrected chi connectivity index (χ4v) is 2.62. The van der Waals surface area contributed by atoms with E-state index in [4.69, 9.17) is 0 Å². The summed E-state index contributed by atoms with van der Waals surface area (Å²) in [6.07, 6.45) is 3.22. The molecule has 2 rings (SSSR count). The molecule has 0 radical (unpaired) electrons. The minimum atomic E-state index is -0.463. The summed E-state index contributed by atoms with van der Waals surface area (Å²) in [5.41, 5.74) is 1.77. The number of rotatable bonds is 6. The molecule has 0 unspecified atom stereocenters. The molecule has 0 bridgehead atoms. The Balaban J connectivity index is 2.08. The third-order valence-electron chi connectivity index (χ3n) is 3.26. The lowest BCUT2D eigenvalue weighted by atomic mass is 10.2. The van der Waals surface area contributed by atoms with Gasteiger partial charge in [-0.2, -0.15) is 5.10 Å². The number of anilines is 1. The second-order valence-electron chi connectivity index (χ2n) is 5.59. The molecule has 0 aliphatic rings. The van der Waals surface area contributed by atoms with Crippen LogP contribution in [0, 0.1) is 3.70 Å². The molecule has 1 atom stereocenters. The van der Waals surface area contributed by atoms with Crippen molar-refractivity contribution in [3.05, 3.63) is 22.2 Å². The highest BCUT2D eigenvalue weighted by atomic mass is 127. The van der Waals surface area contributed by atoms with Gasteiger partial charge in [-0.25, -0.2) is 14.8 Å². The van der Waals surface area contributed by atoms with Gasteiger partial charge in [-0.1, -0.05) is 0 Å². The summed E-state index contributed by atoms with van der Waals surface area (Å²) in [7, 11) is 1.33. The number of nitrogens with zero attached hydrogens (tertiary/aromatic N) is 4. The van der Waals surface area contributed by atoms with Gasteiger partial charge in [0, 0.05) is 31.0 Å². The van der Waals surface area contributed by atoms with Crippen LogP contribution in [-0.2, 0) is 4.74 Å². The van der Waals surface area contributed by atoms with Crippen LogP contribution in [0.1, 0.15) is 26.8 Å². The zero-order valence-electron chi connectivity index (χ0n) is 14.1. The Morgan fingerprint density at radius 2 is 2.17 bits per heavy atom. The molecule has 0 aliphatic heterocycles. The zero-order valence-corrected chi connectivity index (χ0v) is 16.2. The van der Waals surface area contributed by atoms with Crippen LogP contribution < -0.4 is 10.6 Å². The predicted octanol–water partition coefficient (Wildman–Crippen LogP) is 2.68. The van der Waals surface area contributed by atoms with Crippen molar-refractivity contribution in [2.24, 2.45) is 0 Å². The first-order valence-electron chi connectivity index (χ1n) is 7.57. The Bertz CT molecular complexity index is 703. The number of nitrogens with one attached hydrogen (secondary N) is 2. The van der Waals surface area contributed by atoms with Crippen molar-refractivity contribution < 1.29 is 9.53 Å². The molecule has 9 heteroatoms. The Morgan fingerprint density at radius 1 is 1.42 bits per heavy atom. The maximum atomic E-state index is 11.2. The molecule has 2 aromatic heterocycles. The third kappa shape index (κ3) is 4.79. The quantitative estimate of drug-likeness (QED) is 0.666. The Morgan fingerprint density at radius 3 is 2.79 bits per heavy atom. The van der Waals surface area contributed by atoms with Crippen LogP contribution in [0.2, 0.25) is 0 Å². The summed E-state index contributed by atoms with van der Waals surface area (Å²) in [5.74, 6) is 0.499. The maximum Gasteiger partial charge on any atom is 0.407 e. The minimum Gasteiger partial charge on any atom is -0.453 e. The van der Waals surface area contributed by atoms with Crippen molar-refractivity contribution in [2.45, 2.75) is 32.9 Å². The molecule has 0 aromatic carbocycles. The normalized spacial score (nSPS) is 12.1. The number of aromatic nitrogens is 4. The van der Waals surface area contributed by atoms with E-state index in [2.05, 4.69) is 66.9 Å². The monoisotopic (exact) mass is 444 g/mol. The molecule has 0 spiro atoms. The van der Waals surface area contributed by atoms with E-state index in [9.17, 15) is 4.79 Å². The minimum absolute atomic E-state index is 0.117. The van der Waals surface area contributed by atoms with E-state index in [-0.39, 0.29) is 12.1 Å². The van der Waals surface area contributed by atoms with Gasteiger partial charge in [0.2, 0.25) is 5.95 Å². The number of halogens is 1. The summed E-state index contributed by atoms with van der Waals surface area (Å²) in [5, 5.41) is 10.3. The second kappa shape index (κ2) is 8.27. The average molecular weight is 444 g/mol. The molecule has 2 heterocycles. The van der Waals surface area contributed by atoms with Crippen LogP contribution >= 0.6 is 22.6 Å². The molecular formula is C15H21IN6O2. The molecule has 24 heavy (non-hydrogen) atoms. The molecule has 0 saturated heterocycles. The van der Waals surface area contributed by atoms with Gasteiger partial charge in [0.05, 0.1) is 18.4 Å². The summed E-state index contributed by atoms with van der Waals surface area (Å²) in [4.78, 5) is 19.9. The lowest BCUT2D eigenvalue weighted by molar-refractivity contribution is 0.168. The third-order valence-corrected chi connectivity index (χ3v) is 4.06. The first kappa shape index (κ1) is 18.4. The lowest BCUT2D eigenvalue weighted by Crippen LogP contribution is -2.37. The van der Waals surface area contributed by atoms with Crippen molar-refractivity contribution in [2.75, 3.05) is 19.0 Å². The van der Waals surface area contributed by atoms with Crippen LogP contribution in [-0.4, -0.2) is 45.5 Å². The summed E-state index contributed by atoms with van der Waals surface area (Å²) >= 11 is 2.20. The molecule has 1 amide bonds. The van der Waals surface area contributed by atoms with Crippen molar-refractivity contribution in [1.82, 2.24) is 25.1 Å². The average Bonchev–Trinajstić information content (AvgIpc) is 2.95. The van der Waals surface area contributed by atoms with E-state index in [1.54, 1.807) is 6.20 Å². The van der Waals surface area contributed by atoms with Crippen LogP contribution in [0.3, 0.4) is 0 Å². The zero-order chi connectivity index (χ0) is 17.7. The molecule has 0 saturated carbocycles. The number of ether oxygens (including phenoxy) is 1. The number of carbonyl (C=O) groups is 1. The van der Waals surface area contributed by atoms with E-state index >= 15 is 0 Å². The van der Waals surface area contributed by atoms with Gasteiger partial charge < -0.3 is 15.4 Å². The molecular weight excluding hydrogens is 423 g/mol. The van der Waals surface area contributed by atoms with Crippen LogP contribution in [0.15, 0.2) is 18.5 Å². The summed E-state index contributed by atoms with van der Waals surface area (Å²) in [6.45, 7) is 6.51. The van der Waals surface area contributed by atoms with Crippen molar-refractivity contribution in [3.8, 4) is 11.3 Å². The van der Waals surface area contributed by atoms with E-state index in [0.717, 1.165) is 15.0 Å². The van der Waals surface area contributed by atoms with Crippen LogP contribution in [0.25, 0.3) is 11.3 Å². The van der Waals surface area contributed by atoms with Gasteiger partial charge in [-0.15, -0.1) is 0 Å². The van der Waals surface area contributed by atoms with E-state index in [1.165, 1.54) is 7.11 Å². The van der Waals surface area contributed by atoms with Crippen molar-refractivity contribution in [1.29, 1.82) is 0 Å². The molecule has 0 fully saturated rings. The van der Waals surface area contributed by atoms with Gasteiger partial charge in [-0.05, 0) is 49.4 Å². The topological polar surface area (TPSA) is 94.0 Å². The standard InChI is InChI=1S/C15H21IN6O2/c1-9(2)22-8-11(13(16)21-22)12-5-6-17-14(20-12)18-7-10(3)19-15(23)24-4/h5-6,8-10H,7H2,1-4H3,(H,19,23)(H,17,18,20)/t10-/m1/s1. The van der Waals surface area contributed by atoms with Gasteiger partial charge in [0.25, 0.3) is 0 Å². The Kier molecular flexibility index (Phi) is 6.35. The van der Waals surface area contributed by atoms with E-state index in [0.29, 0.717) is 12.5 Å². The largest absolute Gasteiger partial charge is 0.453 e. The van der Waals surface area contributed by atoms with Gasteiger partial charge >= 0.3 is 6.09 Å². The highest BCUT2D eigenvalue weighted by molar-refractivity contribution is 14.1. The lowest BCUT2D eigenvalue weighted by Gasteiger charge is -2.13. The Labute approximate surface area is 154 Å². The van der Waals surface area contributed by atoms with Gasteiger partial charge in [0.1, 0.15) is 3.70 Å². The predicted molar refractivity (Wildman–Crippen MR) is 99.8 cm³/mol. The number of hydrogen-bond acceptors (Lipinski definition) is 6.